The van der Waals surface area contributed by atoms with Crippen LogP contribution in [0.3, 0.4) is 0 Å². The highest BCUT2D eigenvalue weighted by Crippen LogP contribution is 2.33. The van der Waals surface area contributed by atoms with Gasteiger partial charge in [-0.3, -0.25) is 14.5 Å². The van der Waals surface area contributed by atoms with Crippen molar-refractivity contribution in [1.29, 1.82) is 0 Å². The Labute approximate surface area is 257 Å². The van der Waals surface area contributed by atoms with E-state index in [1.807, 2.05) is 42.5 Å². The fraction of sp³-hybridized carbons (Fsp3) is 0.588. The smallest absolute Gasteiger partial charge is 0.248 e. The molecule has 1 aliphatic heterocycles. The van der Waals surface area contributed by atoms with E-state index < -0.39 is 6.04 Å². The van der Waals surface area contributed by atoms with Gasteiger partial charge in [0.05, 0.1) is 6.61 Å². The quantitative estimate of drug-likeness (QED) is 0.264. The first kappa shape index (κ1) is 32.3. The highest BCUT2D eigenvalue weighted by atomic mass is 35.5. The Morgan fingerprint density at radius 3 is 2.36 bits per heavy atom. The molecule has 2 aromatic carbocycles. The number of nitrogens with one attached hydrogen (secondary N) is 1. The molecule has 1 N–H and O–H groups in total. The zero-order valence-corrected chi connectivity index (χ0v) is 26.7. The van der Waals surface area contributed by atoms with Crippen LogP contribution >= 0.6 is 11.6 Å². The Balaban J connectivity index is 1.54. The van der Waals surface area contributed by atoms with Crippen molar-refractivity contribution in [3.8, 4) is 5.75 Å². The fourth-order valence-corrected chi connectivity index (χ4v) is 5.99. The predicted molar refractivity (Wildman–Crippen MR) is 172 cm³/mol. The zero-order valence-electron chi connectivity index (χ0n) is 25.9. The molecule has 1 aliphatic carbocycles. The number of anilines is 1. The lowest BCUT2D eigenvalue weighted by Gasteiger charge is -2.34. The molecule has 1 heterocycles. The van der Waals surface area contributed by atoms with Crippen molar-refractivity contribution < 1.29 is 14.3 Å². The second-order valence-corrected chi connectivity index (χ2v) is 13.1. The van der Waals surface area contributed by atoms with Crippen molar-refractivity contribution in [2.45, 2.75) is 76.8 Å². The summed E-state index contributed by atoms with van der Waals surface area (Å²) in [5, 5.41) is 3.27. The first-order valence-corrected chi connectivity index (χ1v) is 16.1. The molecule has 2 aliphatic rings. The summed E-state index contributed by atoms with van der Waals surface area (Å²) in [5.41, 5.74) is 2.36. The van der Waals surface area contributed by atoms with E-state index >= 15 is 0 Å². The number of halogens is 1. The molecule has 4 rings (SSSR count). The molecular formula is C34H49ClN4O3. The molecular weight excluding hydrogens is 548 g/mol. The minimum Gasteiger partial charge on any atom is -0.494 e. The molecule has 0 aromatic heterocycles. The summed E-state index contributed by atoms with van der Waals surface area (Å²) in [4.78, 5) is 33.9. The minimum absolute atomic E-state index is 0.116. The Hall–Kier alpha value is -2.61. The number of likely N-dealkylation sites (N-methyl/N-ethyl adjacent to an activating group) is 1. The molecule has 0 bridgehead atoms. The van der Waals surface area contributed by atoms with E-state index in [2.05, 4.69) is 49.0 Å². The fourth-order valence-electron chi connectivity index (χ4n) is 5.86. The van der Waals surface area contributed by atoms with Crippen LogP contribution in [0.1, 0.15) is 76.5 Å². The van der Waals surface area contributed by atoms with E-state index in [-0.39, 0.29) is 29.2 Å². The molecule has 1 saturated heterocycles. The van der Waals surface area contributed by atoms with Gasteiger partial charge in [-0.25, -0.2) is 0 Å². The van der Waals surface area contributed by atoms with Crippen LogP contribution in [0.4, 0.5) is 5.69 Å². The van der Waals surface area contributed by atoms with Crippen LogP contribution in [0.5, 0.6) is 5.75 Å². The Kier molecular flexibility index (Phi) is 11.7. The lowest BCUT2D eigenvalue weighted by molar-refractivity contribution is -0.126. The van der Waals surface area contributed by atoms with Gasteiger partial charge in [0.1, 0.15) is 17.7 Å². The molecule has 2 amide bonds. The van der Waals surface area contributed by atoms with E-state index in [1.54, 1.807) is 4.90 Å². The number of nitrogens with zero attached hydrogens (tertiary/aromatic N) is 3. The number of hydrogen-bond donors (Lipinski definition) is 1. The molecule has 0 radical (unpaired) electrons. The maximum Gasteiger partial charge on any atom is 0.248 e. The van der Waals surface area contributed by atoms with Crippen LogP contribution < -0.4 is 15.0 Å². The number of amides is 2. The van der Waals surface area contributed by atoms with Crippen molar-refractivity contribution in [2.75, 3.05) is 57.2 Å². The largest absolute Gasteiger partial charge is 0.494 e. The van der Waals surface area contributed by atoms with Crippen LogP contribution in [0, 0.1) is 0 Å². The number of piperazine rings is 1. The van der Waals surface area contributed by atoms with Gasteiger partial charge in [0.15, 0.2) is 0 Å². The van der Waals surface area contributed by atoms with Crippen LogP contribution in [0.25, 0.3) is 0 Å². The van der Waals surface area contributed by atoms with E-state index in [4.69, 9.17) is 16.3 Å². The normalized spacial score (nSPS) is 17.9. The molecule has 8 heteroatoms. The minimum atomic E-state index is -0.848. The Morgan fingerprint density at radius 2 is 1.71 bits per heavy atom. The van der Waals surface area contributed by atoms with Crippen LogP contribution in [0.2, 0.25) is 0 Å². The third-order valence-corrected chi connectivity index (χ3v) is 8.74. The van der Waals surface area contributed by atoms with Crippen molar-refractivity contribution in [3.05, 3.63) is 59.7 Å². The average Bonchev–Trinajstić information content (AvgIpc) is 2.99. The van der Waals surface area contributed by atoms with Gasteiger partial charge in [0, 0.05) is 44.5 Å². The van der Waals surface area contributed by atoms with Crippen LogP contribution in [0.15, 0.2) is 48.5 Å². The van der Waals surface area contributed by atoms with Gasteiger partial charge in [0.25, 0.3) is 0 Å². The molecule has 42 heavy (non-hydrogen) atoms. The monoisotopic (exact) mass is 596 g/mol. The SMILES string of the molecule is CN1CCN(CCCOc2ccc(C(C(=O)NC3CCCCC3)N(C(=O)CCl)c3cccc(C(C)(C)C)c3)cc2)CC1. The summed E-state index contributed by atoms with van der Waals surface area (Å²) < 4.78 is 6.06. The van der Waals surface area contributed by atoms with Crippen molar-refractivity contribution in [3.63, 3.8) is 0 Å². The third kappa shape index (κ3) is 8.95. The molecule has 1 atom stereocenters. The molecule has 2 fully saturated rings. The number of benzene rings is 2. The zero-order chi connectivity index (χ0) is 30.1. The number of hydrogen-bond acceptors (Lipinski definition) is 5. The summed E-state index contributed by atoms with van der Waals surface area (Å²) >= 11 is 6.17. The maximum atomic E-state index is 14.0. The number of carbonyl (C=O) groups is 2. The highest BCUT2D eigenvalue weighted by Gasteiger charge is 2.34. The van der Waals surface area contributed by atoms with E-state index in [0.717, 1.165) is 81.7 Å². The summed E-state index contributed by atoms with van der Waals surface area (Å²) in [6.45, 7) is 12.5. The second kappa shape index (κ2) is 15.2. The van der Waals surface area contributed by atoms with Gasteiger partial charge >= 0.3 is 0 Å². The standard InChI is InChI=1S/C34H49ClN4O3/c1-34(2,3)27-10-8-13-29(24-27)39(31(40)25-35)32(33(41)36-28-11-6-5-7-12-28)26-14-16-30(17-15-26)42-23-9-18-38-21-19-37(4)20-22-38/h8,10,13-17,24,28,32H,5-7,9,11-12,18-23,25H2,1-4H3,(H,36,41). The van der Waals surface area contributed by atoms with Gasteiger partial charge in [-0.1, -0.05) is 64.3 Å². The van der Waals surface area contributed by atoms with Gasteiger partial charge in [-0.2, -0.15) is 0 Å². The molecule has 1 unspecified atom stereocenters. The third-order valence-electron chi connectivity index (χ3n) is 8.51. The average molecular weight is 597 g/mol. The second-order valence-electron chi connectivity index (χ2n) is 12.9. The molecule has 230 valence electrons. The summed E-state index contributed by atoms with van der Waals surface area (Å²) in [6, 6.07) is 14.8. The topological polar surface area (TPSA) is 65.1 Å². The van der Waals surface area contributed by atoms with Crippen molar-refractivity contribution >= 4 is 29.1 Å². The van der Waals surface area contributed by atoms with Crippen molar-refractivity contribution in [2.24, 2.45) is 0 Å². The first-order chi connectivity index (χ1) is 20.2. The van der Waals surface area contributed by atoms with Crippen LogP contribution in [-0.4, -0.2) is 79.9 Å². The molecule has 7 nitrogen and oxygen atoms in total. The molecule has 2 aromatic rings. The maximum absolute atomic E-state index is 14.0. The van der Waals surface area contributed by atoms with E-state index in [1.165, 1.54) is 6.42 Å². The van der Waals surface area contributed by atoms with Gasteiger partial charge in [-0.15, -0.1) is 11.6 Å². The summed E-state index contributed by atoms with van der Waals surface area (Å²) in [7, 11) is 2.17. The van der Waals surface area contributed by atoms with E-state index in [0.29, 0.717) is 12.3 Å². The summed E-state index contributed by atoms with van der Waals surface area (Å²) in [5.74, 6) is 0.0493. The predicted octanol–water partition coefficient (Wildman–Crippen LogP) is 5.76. The summed E-state index contributed by atoms with van der Waals surface area (Å²) in [6.07, 6.45) is 6.29. The lowest BCUT2D eigenvalue weighted by Crippen LogP contribution is -2.47. The number of alkyl halides is 1. The molecule has 0 spiro atoms. The van der Waals surface area contributed by atoms with E-state index in [9.17, 15) is 9.59 Å². The Bertz CT molecular complexity index is 1150. The van der Waals surface area contributed by atoms with Gasteiger partial charge in [0.2, 0.25) is 11.8 Å². The lowest BCUT2D eigenvalue weighted by atomic mass is 9.86. The highest BCUT2D eigenvalue weighted by molar-refractivity contribution is 6.29. The Morgan fingerprint density at radius 1 is 1.02 bits per heavy atom. The van der Waals surface area contributed by atoms with Crippen LogP contribution in [-0.2, 0) is 15.0 Å². The number of carbonyl (C=O) groups excluding carboxylic acids is 2. The van der Waals surface area contributed by atoms with Gasteiger partial charge < -0.3 is 19.9 Å². The molecule has 1 saturated carbocycles. The number of ether oxygens (including phenoxy) is 1. The van der Waals surface area contributed by atoms with Gasteiger partial charge in [-0.05, 0) is 67.1 Å². The number of rotatable bonds is 11. The first-order valence-electron chi connectivity index (χ1n) is 15.6. The van der Waals surface area contributed by atoms with Crippen molar-refractivity contribution in [1.82, 2.24) is 15.1 Å².